The Kier molecular flexibility index (Phi) is 4.24. The maximum atomic E-state index is 12.3. The number of carbonyl (C=O) groups excluding carboxylic acids is 2. The van der Waals surface area contributed by atoms with Gasteiger partial charge in [-0.2, -0.15) is 0 Å². The minimum Gasteiger partial charge on any atom is -0.465 e. The van der Waals surface area contributed by atoms with Crippen molar-refractivity contribution in [3.63, 3.8) is 0 Å². The van der Waals surface area contributed by atoms with E-state index >= 15 is 0 Å². The molecule has 7 heteroatoms. The highest BCUT2D eigenvalue weighted by Gasteiger charge is 2.34. The molecular weight excluding hydrogens is 250 g/mol. The van der Waals surface area contributed by atoms with Crippen molar-refractivity contribution in [2.24, 2.45) is 0 Å². The van der Waals surface area contributed by atoms with Gasteiger partial charge in [0, 0.05) is 19.6 Å². The molecular formula is C12H19N3O4. The van der Waals surface area contributed by atoms with Crippen LogP contribution in [0, 0.1) is 0 Å². The number of carboxylic acid groups (broad SMARTS) is 1. The first-order valence-corrected chi connectivity index (χ1v) is 6.69. The number of urea groups is 1. The van der Waals surface area contributed by atoms with Crippen LogP contribution in [0.25, 0.3) is 0 Å². The quantitative estimate of drug-likeness (QED) is 0.738. The van der Waals surface area contributed by atoms with E-state index in [1.165, 1.54) is 4.90 Å². The van der Waals surface area contributed by atoms with E-state index in [0.717, 1.165) is 25.7 Å². The summed E-state index contributed by atoms with van der Waals surface area (Å²) < 4.78 is 0. The van der Waals surface area contributed by atoms with Gasteiger partial charge >= 0.3 is 12.1 Å². The highest BCUT2D eigenvalue weighted by molar-refractivity contribution is 5.98. The van der Waals surface area contributed by atoms with Gasteiger partial charge < -0.3 is 15.3 Å². The summed E-state index contributed by atoms with van der Waals surface area (Å²) in [5.74, 6) is -0.420. The second-order valence-corrected chi connectivity index (χ2v) is 4.96. The van der Waals surface area contributed by atoms with Crippen LogP contribution in [0.5, 0.6) is 0 Å². The number of carbonyl (C=O) groups is 3. The van der Waals surface area contributed by atoms with E-state index in [9.17, 15) is 14.4 Å². The van der Waals surface area contributed by atoms with Crippen molar-refractivity contribution in [2.75, 3.05) is 19.6 Å². The van der Waals surface area contributed by atoms with Crippen LogP contribution < -0.4 is 5.32 Å². The maximum Gasteiger partial charge on any atom is 0.405 e. The molecule has 0 aliphatic carbocycles. The Bertz CT molecular complexity index is 379. The van der Waals surface area contributed by atoms with Crippen LogP contribution >= 0.6 is 0 Å². The molecule has 2 aliphatic heterocycles. The van der Waals surface area contributed by atoms with Gasteiger partial charge in [0.25, 0.3) is 5.91 Å². The fourth-order valence-electron chi connectivity index (χ4n) is 2.59. The molecule has 0 spiro atoms. The van der Waals surface area contributed by atoms with Gasteiger partial charge in [0.1, 0.15) is 6.04 Å². The second-order valence-electron chi connectivity index (χ2n) is 4.96. The molecule has 7 nitrogen and oxygen atoms in total. The molecule has 2 saturated heterocycles. The molecule has 106 valence electrons. The van der Waals surface area contributed by atoms with Gasteiger partial charge in [0.05, 0.1) is 0 Å². The average molecular weight is 269 g/mol. The van der Waals surface area contributed by atoms with Crippen LogP contribution in [-0.4, -0.2) is 58.6 Å². The molecule has 4 amide bonds. The molecule has 2 aliphatic rings. The average Bonchev–Trinajstić information content (AvgIpc) is 2.83. The molecule has 19 heavy (non-hydrogen) atoms. The molecule has 0 saturated carbocycles. The van der Waals surface area contributed by atoms with Gasteiger partial charge in [0.2, 0.25) is 0 Å². The van der Waals surface area contributed by atoms with E-state index in [-0.39, 0.29) is 6.03 Å². The lowest BCUT2D eigenvalue weighted by Gasteiger charge is -2.27. The first-order chi connectivity index (χ1) is 9.09. The van der Waals surface area contributed by atoms with Crippen LogP contribution in [0.2, 0.25) is 0 Å². The molecule has 0 bridgehead atoms. The fourth-order valence-corrected chi connectivity index (χ4v) is 2.59. The molecule has 0 aromatic carbocycles. The van der Waals surface area contributed by atoms with Crippen molar-refractivity contribution in [1.29, 1.82) is 0 Å². The number of nitrogens with one attached hydrogen (secondary N) is 1. The number of hydrogen-bond donors (Lipinski definition) is 2. The monoisotopic (exact) mass is 269 g/mol. The van der Waals surface area contributed by atoms with Gasteiger partial charge in [-0.05, 0) is 32.1 Å². The Morgan fingerprint density at radius 3 is 2.37 bits per heavy atom. The van der Waals surface area contributed by atoms with Gasteiger partial charge in [-0.1, -0.05) is 0 Å². The second kappa shape index (κ2) is 5.90. The van der Waals surface area contributed by atoms with Crippen LogP contribution in [0.4, 0.5) is 9.59 Å². The zero-order valence-corrected chi connectivity index (χ0v) is 10.8. The molecule has 0 aromatic rings. The summed E-state index contributed by atoms with van der Waals surface area (Å²) in [5, 5.41) is 10.9. The van der Waals surface area contributed by atoms with Crippen LogP contribution in [0.1, 0.15) is 32.1 Å². The first-order valence-electron chi connectivity index (χ1n) is 6.69. The van der Waals surface area contributed by atoms with Crippen molar-refractivity contribution in [1.82, 2.24) is 15.1 Å². The third-order valence-electron chi connectivity index (χ3n) is 3.59. The Hall–Kier alpha value is -1.79. The number of likely N-dealkylation sites (tertiary alicyclic amines) is 2. The zero-order chi connectivity index (χ0) is 13.8. The first kappa shape index (κ1) is 13.6. The van der Waals surface area contributed by atoms with Crippen molar-refractivity contribution in [2.45, 2.75) is 38.1 Å². The molecule has 2 N–H and O–H groups in total. The zero-order valence-electron chi connectivity index (χ0n) is 10.8. The minimum absolute atomic E-state index is 0.276. The highest BCUT2D eigenvalue weighted by Crippen LogP contribution is 2.17. The number of nitrogens with zero attached hydrogens (tertiary/aromatic N) is 2. The number of rotatable bonds is 1. The Morgan fingerprint density at radius 1 is 1.11 bits per heavy atom. The van der Waals surface area contributed by atoms with E-state index in [1.54, 1.807) is 4.90 Å². The van der Waals surface area contributed by atoms with Crippen LogP contribution in [-0.2, 0) is 4.79 Å². The van der Waals surface area contributed by atoms with Crippen molar-refractivity contribution in [3.05, 3.63) is 0 Å². The molecule has 0 radical (unpaired) electrons. The van der Waals surface area contributed by atoms with Crippen molar-refractivity contribution in [3.8, 4) is 0 Å². The summed E-state index contributed by atoms with van der Waals surface area (Å²) in [7, 11) is 0. The summed E-state index contributed by atoms with van der Waals surface area (Å²) in [5.41, 5.74) is 0. The molecule has 2 fully saturated rings. The minimum atomic E-state index is -1.23. The summed E-state index contributed by atoms with van der Waals surface area (Å²) in [6.07, 6.45) is 2.61. The van der Waals surface area contributed by atoms with Gasteiger partial charge in [-0.15, -0.1) is 0 Å². The number of amides is 4. The third kappa shape index (κ3) is 3.15. The van der Waals surface area contributed by atoms with Crippen molar-refractivity contribution < 1.29 is 19.5 Å². The number of hydrogen-bond acceptors (Lipinski definition) is 3. The highest BCUT2D eigenvalue weighted by atomic mass is 16.4. The van der Waals surface area contributed by atoms with Crippen LogP contribution in [0.15, 0.2) is 0 Å². The van der Waals surface area contributed by atoms with E-state index in [1.807, 2.05) is 0 Å². The predicted molar refractivity (Wildman–Crippen MR) is 66.7 cm³/mol. The van der Waals surface area contributed by atoms with E-state index in [0.29, 0.717) is 26.1 Å². The summed E-state index contributed by atoms with van der Waals surface area (Å²) in [6.45, 7) is 1.74. The summed E-state index contributed by atoms with van der Waals surface area (Å²) in [6, 6.07) is -1.08. The standard InChI is InChI=1S/C12H19N3O4/c16-10-9(13-11(17)18)5-1-2-8-15(10)12(19)14-6-3-4-7-14/h9,13H,1-8H2,(H,17,18)/t9-/m0/s1. The lowest BCUT2D eigenvalue weighted by molar-refractivity contribution is -0.130. The predicted octanol–water partition coefficient (Wildman–Crippen LogP) is 0.851. The fraction of sp³-hybridized carbons (Fsp3) is 0.750. The van der Waals surface area contributed by atoms with Gasteiger partial charge in [-0.25, -0.2) is 9.59 Å². The molecule has 1 atom stereocenters. The Morgan fingerprint density at radius 2 is 1.74 bits per heavy atom. The normalized spacial score (nSPS) is 24.2. The lowest BCUT2D eigenvalue weighted by Crippen LogP contribution is -2.52. The summed E-state index contributed by atoms with van der Waals surface area (Å²) in [4.78, 5) is 38.0. The Balaban J connectivity index is 2.06. The maximum absolute atomic E-state index is 12.3. The van der Waals surface area contributed by atoms with Gasteiger partial charge in [0.15, 0.2) is 0 Å². The SMILES string of the molecule is O=C(O)N[C@H]1CCCCN(C(=O)N2CCCC2)C1=O. The molecule has 0 unspecified atom stereocenters. The number of imide groups is 1. The van der Waals surface area contributed by atoms with E-state index in [4.69, 9.17) is 5.11 Å². The lowest BCUT2D eigenvalue weighted by atomic mass is 10.1. The van der Waals surface area contributed by atoms with Gasteiger partial charge in [-0.3, -0.25) is 9.69 Å². The molecule has 0 aromatic heterocycles. The summed E-state index contributed by atoms with van der Waals surface area (Å²) >= 11 is 0. The van der Waals surface area contributed by atoms with Crippen LogP contribution in [0.3, 0.4) is 0 Å². The smallest absolute Gasteiger partial charge is 0.405 e. The topological polar surface area (TPSA) is 89.9 Å². The Labute approximate surface area is 111 Å². The van der Waals surface area contributed by atoms with Crippen molar-refractivity contribution >= 4 is 18.0 Å². The third-order valence-corrected chi connectivity index (χ3v) is 3.59. The molecule has 2 heterocycles. The van der Waals surface area contributed by atoms with E-state index in [2.05, 4.69) is 5.32 Å². The largest absolute Gasteiger partial charge is 0.465 e. The molecule has 2 rings (SSSR count). The van der Waals surface area contributed by atoms with E-state index < -0.39 is 18.0 Å².